The number of carbonyl (C=O) groups excluding carboxylic acids is 1. The van der Waals surface area contributed by atoms with Crippen LogP contribution < -0.4 is 10.4 Å². The minimum absolute atomic E-state index is 0.231. The first-order chi connectivity index (χ1) is 7.95. The molecule has 5 nitrogen and oxygen atoms in total. The number of hydrogen-bond donors (Lipinski definition) is 3. The Morgan fingerprint density at radius 1 is 1.41 bits per heavy atom. The van der Waals surface area contributed by atoms with E-state index in [1.807, 2.05) is 31.2 Å². The van der Waals surface area contributed by atoms with Gasteiger partial charge >= 0.3 is 0 Å². The summed E-state index contributed by atoms with van der Waals surface area (Å²) in [6, 6.07) is 7.61. The van der Waals surface area contributed by atoms with Gasteiger partial charge in [0, 0.05) is 0 Å². The average Bonchev–Trinajstić information content (AvgIpc) is 2.57. The third kappa shape index (κ3) is 1.87. The van der Waals surface area contributed by atoms with Crippen LogP contribution in [0.25, 0.3) is 0 Å². The number of nitrogens with one attached hydrogen (secondary N) is 1. The Kier molecular flexibility index (Phi) is 2.81. The molecule has 1 unspecified atom stereocenters. The van der Waals surface area contributed by atoms with Crippen molar-refractivity contribution in [3.63, 3.8) is 0 Å². The van der Waals surface area contributed by atoms with Crippen molar-refractivity contribution in [2.45, 2.75) is 20.1 Å². The van der Waals surface area contributed by atoms with Gasteiger partial charge in [0.2, 0.25) is 0 Å². The highest BCUT2D eigenvalue weighted by atomic mass is 16.5. The number of anilines is 1. The molecule has 17 heavy (non-hydrogen) atoms. The molecule has 92 valence electrons. The summed E-state index contributed by atoms with van der Waals surface area (Å²) in [5.41, 5.74) is 3.35. The van der Waals surface area contributed by atoms with E-state index < -0.39 is 11.7 Å². The molecule has 0 radical (unpaired) electrons. The summed E-state index contributed by atoms with van der Waals surface area (Å²) in [4.78, 5) is 11.8. The van der Waals surface area contributed by atoms with Gasteiger partial charge in [-0.25, -0.2) is 0 Å². The van der Waals surface area contributed by atoms with Gasteiger partial charge in [-0.1, -0.05) is 18.2 Å². The van der Waals surface area contributed by atoms with E-state index in [4.69, 9.17) is 0 Å². The predicted octanol–water partition coefficient (Wildman–Crippen LogP) is 0.163. The predicted molar refractivity (Wildman–Crippen MR) is 63.0 cm³/mol. The van der Waals surface area contributed by atoms with E-state index in [2.05, 4.69) is 5.43 Å². The van der Waals surface area contributed by atoms with Crippen molar-refractivity contribution in [2.24, 2.45) is 5.41 Å². The summed E-state index contributed by atoms with van der Waals surface area (Å²) >= 11 is 0. The van der Waals surface area contributed by atoms with Crippen molar-refractivity contribution < 1.29 is 15.0 Å². The monoisotopic (exact) mass is 236 g/mol. The zero-order chi connectivity index (χ0) is 12.6. The molecule has 0 spiro atoms. The number of benzene rings is 1. The standard InChI is InChI=1S/C12H16N2O3/c1-8-5-3-4-6-9(8)14-7-12(2,11(16)17)10(15)13-14/h3-6,11,16-17H,7H2,1-2H3,(H,13,15). The van der Waals surface area contributed by atoms with E-state index in [0.717, 1.165) is 11.3 Å². The van der Waals surface area contributed by atoms with E-state index in [1.54, 1.807) is 5.01 Å². The number of rotatable bonds is 2. The van der Waals surface area contributed by atoms with Crippen molar-refractivity contribution in [1.29, 1.82) is 0 Å². The number of carbonyl (C=O) groups is 1. The van der Waals surface area contributed by atoms with Crippen LogP contribution in [0, 0.1) is 12.3 Å². The maximum atomic E-state index is 11.8. The Hall–Kier alpha value is -1.59. The van der Waals surface area contributed by atoms with Gasteiger partial charge in [-0.3, -0.25) is 15.2 Å². The largest absolute Gasteiger partial charge is 0.367 e. The van der Waals surface area contributed by atoms with Crippen LogP contribution >= 0.6 is 0 Å². The molecule has 0 aromatic heterocycles. The van der Waals surface area contributed by atoms with Gasteiger partial charge in [-0.2, -0.15) is 0 Å². The van der Waals surface area contributed by atoms with Crippen LogP contribution in [-0.2, 0) is 4.79 Å². The van der Waals surface area contributed by atoms with Crippen molar-refractivity contribution in [3.8, 4) is 0 Å². The quantitative estimate of drug-likeness (QED) is 0.640. The van der Waals surface area contributed by atoms with Crippen molar-refractivity contribution >= 4 is 11.6 Å². The van der Waals surface area contributed by atoms with Crippen molar-refractivity contribution in [2.75, 3.05) is 11.6 Å². The number of hydrogen-bond acceptors (Lipinski definition) is 4. The summed E-state index contributed by atoms with van der Waals surface area (Å²) in [5, 5.41) is 20.2. The highest BCUT2D eigenvalue weighted by molar-refractivity contribution is 5.88. The molecule has 1 aliphatic rings. The fraction of sp³-hybridized carbons (Fsp3) is 0.417. The van der Waals surface area contributed by atoms with Gasteiger partial charge in [0.15, 0.2) is 6.29 Å². The number of aryl methyl sites for hydroxylation is 1. The summed E-state index contributed by atoms with van der Waals surface area (Å²) in [6.07, 6.45) is -1.67. The molecule has 1 atom stereocenters. The molecule has 1 aromatic rings. The highest BCUT2D eigenvalue weighted by Crippen LogP contribution is 2.31. The Labute approximate surface area is 99.6 Å². The smallest absolute Gasteiger partial charge is 0.251 e. The fourth-order valence-corrected chi connectivity index (χ4v) is 1.90. The van der Waals surface area contributed by atoms with E-state index in [9.17, 15) is 15.0 Å². The van der Waals surface area contributed by atoms with Crippen LogP contribution in [0.4, 0.5) is 5.69 Å². The molecule has 1 fully saturated rings. The zero-order valence-electron chi connectivity index (χ0n) is 9.84. The topological polar surface area (TPSA) is 72.8 Å². The van der Waals surface area contributed by atoms with Crippen LogP contribution in [-0.4, -0.2) is 29.0 Å². The van der Waals surface area contributed by atoms with Crippen LogP contribution in [0.1, 0.15) is 12.5 Å². The first kappa shape index (κ1) is 11.9. The van der Waals surface area contributed by atoms with Gasteiger partial charge in [-0.05, 0) is 25.5 Å². The summed E-state index contributed by atoms with van der Waals surface area (Å²) in [5.74, 6) is -0.379. The Morgan fingerprint density at radius 2 is 2.06 bits per heavy atom. The molecule has 0 saturated carbocycles. The molecule has 0 aliphatic carbocycles. The second kappa shape index (κ2) is 4.01. The first-order valence-corrected chi connectivity index (χ1v) is 5.45. The lowest BCUT2D eigenvalue weighted by Crippen LogP contribution is -2.40. The molecule has 1 heterocycles. The number of nitrogens with zero attached hydrogens (tertiary/aromatic N) is 1. The molecule has 5 heteroatoms. The molecule has 1 aromatic carbocycles. The van der Waals surface area contributed by atoms with Crippen LogP contribution in [0.5, 0.6) is 0 Å². The summed E-state index contributed by atoms with van der Waals surface area (Å²) in [6.45, 7) is 3.70. The molecular weight excluding hydrogens is 220 g/mol. The highest BCUT2D eigenvalue weighted by Gasteiger charge is 2.47. The number of para-hydroxylation sites is 1. The average molecular weight is 236 g/mol. The minimum atomic E-state index is -1.67. The third-order valence-electron chi connectivity index (χ3n) is 3.22. The lowest BCUT2D eigenvalue weighted by Gasteiger charge is -2.23. The van der Waals surface area contributed by atoms with Crippen LogP contribution in [0.3, 0.4) is 0 Å². The lowest BCUT2D eigenvalue weighted by atomic mass is 9.90. The Bertz CT molecular complexity index is 447. The van der Waals surface area contributed by atoms with Crippen molar-refractivity contribution in [3.05, 3.63) is 29.8 Å². The van der Waals surface area contributed by atoms with E-state index in [0.29, 0.717) is 0 Å². The van der Waals surface area contributed by atoms with Crippen molar-refractivity contribution in [1.82, 2.24) is 5.43 Å². The summed E-state index contributed by atoms with van der Waals surface area (Å²) in [7, 11) is 0. The van der Waals surface area contributed by atoms with Crippen LogP contribution in [0.2, 0.25) is 0 Å². The Morgan fingerprint density at radius 3 is 2.59 bits per heavy atom. The zero-order valence-corrected chi connectivity index (χ0v) is 9.84. The molecule has 0 bridgehead atoms. The number of hydrazine groups is 1. The SMILES string of the molecule is Cc1ccccc1N1CC(C)(C(O)O)C(=O)N1. The first-order valence-electron chi connectivity index (χ1n) is 5.45. The number of amides is 1. The van der Waals surface area contributed by atoms with Gasteiger partial charge < -0.3 is 10.2 Å². The van der Waals surface area contributed by atoms with Gasteiger partial charge in [-0.15, -0.1) is 0 Å². The lowest BCUT2D eigenvalue weighted by molar-refractivity contribution is -0.153. The second-order valence-electron chi connectivity index (χ2n) is 4.60. The molecule has 3 N–H and O–H groups in total. The number of aliphatic hydroxyl groups excluding tert-OH is 1. The van der Waals surface area contributed by atoms with Gasteiger partial charge in [0.05, 0.1) is 12.2 Å². The maximum Gasteiger partial charge on any atom is 0.251 e. The fourth-order valence-electron chi connectivity index (χ4n) is 1.90. The second-order valence-corrected chi connectivity index (χ2v) is 4.60. The molecule has 2 rings (SSSR count). The molecular formula is C12H16N2O3. The maximum absolute atomic E-state index is 11.8. The van der Waals surface area contributed by atoms with Gasteiger partial charge in [0.25, 0.3) is 5.91 Å². The molecule has 1 saturated heterocycles. The normalized spacial score (nSPS) is 24.3. The third-order valence-corrected chi connectivity index (χ3v) is 3.22. The minimum Gasteiger partial charge on any atom is -0.367 e. The van der Waals surface area contributed by atoms with E-state index in [1.165, 1.54) is 6.92 Å². The summed E-state index contributed by atoms with van der Waals surface area (Å²) < 4.78 is 0. The van der Waals surface area contributed by atoms with E-state index >= 15 is 0 Å². The van der Waals surface area contributed by atoms with Gasteiger partial charge in [0.1, 0.15) is 5.41 Å². The Balaban J connectivity index is 2.29. The molecule has 1 aliphatic heterocycles. The number of aliphatic hydroxyl groups is 2. The van der Waals surface area contributed by atoms with Crippen LogP contribution in [0.15, 0.2) is 24.3 Å². The molecule has 1 amide bonds. The van der Waals surface area contributed by atoms with E-state index in [-0.39, 0.29) is 12.5 Å².